The molecule has 0 aliphatic rings. The van der Waals surface area contributed by atoms with Gasteiger partial charge in [0.2, 0.25) is 5.91 Å². The first-order valence-corrected chi connectivity index (χ1v) is 9.83. The second-order valence-corrected chi connectivity index (χ2v) is 6.93. The number of anilines is 1. The molecule has 0 aromatic heterocycles. The molecule has 0 saturated carbocycles. The third-order valence-electron chi connectivity index (χ3n) is 3.47. The fourth-order valence-electron chi connectivity index (χ4n) is 2.16. The first-order valence-electron chi connectivity index (χ1n) is 8.68. The fraction of sp³-hybridized carbons (Fsp3) is 0.200. The van der Waals surface area contributed by atoms with Crippen LogP contribution < -0.4 is 16.2 Å². The molecule has 8 nitrogen and oxygen atoms in total. The first kappa shape index (κ1) is 22.0. The van der Waals surface area contributed by atoms with E-state index in [4.69, 9.17) is 4.74 Å². The van der Waals surface area contributed by atoms with Gasteiger partial charge in [0, 0.05) is 11.3 Å². The number of amides is 3. The number of ether oxygens (including phenoxy) is 1. The molecule has 0 aliphatic carbocycles. The summed E-state index contributed by atoms with van der Waals surface area (Å²) in [6.07, 6.45) is 0. The Bertz CT molecular complexity index is 873. The second-order valence-electron chi connectivity index (χ2n) is 5.94. The van der Waals surface area contributed by atoms with Crippen LogP contribution in [0.15, 0.2) is 54.6 Å². The van der Waals surface area contributed by atoms with Gasteiger partial charge in [-0.15, -0.1) is 11.8 Å². The van der Waals surface area contributed by atoms with Crippen molar-refractivity contribution in [1.82, 2.24) is 10.9 Å². The Morgan fingerprint density at radius 3 is 2.38 bits per heavy atom. The van der Waals surface area contributed by atoms with E-state index < -0.39 is 24.4 Å². The number of carbonyl (C=O) groups is 4. The second kappa shape index (κ2) is 11.5. The van der Waals surface area contributed by atoms with Crippen molar-refractivity contribution in [3.63, 3.8) is 0 Å². The van der Waals surface area contributed by atoms with Crippen LogP contribution in [0.4, 0.5) is 5.69 Å². The summed E-state index contributed by atoms with van der Waals surface area (Å²) < 4.78 is 4.80. The molecular formula is C20H21N3O5S. The van der Waals surface area contributed by atoms with E-state index in [1.54, 1.807) is 36.4 Å². The fourth-order valence-corrected chi connectivity index (χ4v) is 2.77. The Morgan fingerprint density at radius 1 is 0.897 bits per heavy atom. The van der Waals surface area contributed by atoms with Crippen LogP contribution >= 0.6 is 11.8 Å². The molecule has 0 atom stereocenters. The molecular weight excluding hydrogens is 394 g/mol. The van der Waals surface area contributed by atoms with Gasteiger partial charge in [-0.05, 0) is 36.8 Å². The van der Waals surface area contributed by atoms with Crippen molar-refractivity contribution in [1.29, 1.82) is 0 Å². The van der Waals surface area contributed by atoms with Gasteiger partial charge >= 0.3 is 5.97 Å². The van der Waals surface area contributed by atoms with Crippen LogP contribution in [0.3, 0.4) is 0 Å². The molecule has 3 N–H and O–H groups in total. The van der Waals surface area contributed by atoms with E-state index in [2.05, 4.69) is 16.2 Å². The van der Waals surface area contributed by atoms with Gasteiger partial charge in [-0.3, -0.25) is 30.0 Å². The van der Waals surface area contributed by atoms with Crippen molar-refractivity contribution in [3.8, 4) is 0 Å². The maximum absolute atomic E-state index is 11.8. The summed E-state index contributed by atoms with van der Waals surface area (Å²) in [7, 11) is 0. The molecule has 0 saturated heterocycles. The Kier molecular flexibility index (Phi) is 8.71. The van der Waals surface area contributed by atoms with Crippen molar-refractivity contribution in [2.45, 2.75) is 6.92 Å². The minimum Gasteiger partial charge on any atom is -0.455 e. The number of benzene rings is 2. The number of carbonyl (C=O) groups excluding carboxylic acids is 4. The summed E-state index contributed by atoms with van der Waals surface area (Å²) in [6, 6.07) is 15.7. The van der Waals surface area contributed by atoms with E-state index in [-0.39, 0.29) is 17.4 Å². The van der Waals surface area contributed by atoms with Crippen LogP contribution in [0.1, 0.15) is 15.9 Å². The van der Waals surface area contributed by atoms with Gasteiger partial charge in [-0.1, -0.05) is 30.3 Å². The van der Waals surface area contributed by atoms with Crippen LogP contribution in [-0.2, 0) is 19.1 Å². The number of hydrogen-bond donors (Lipinski definition) is 3. The Morgan fingerprint density at radius 2 is 1.66 bits per heavy atom. The Hall–Kier alpha value is -3.33. The van der Waals surface area contributed by atoms with Gasteiger partial charge in [0.05, 0.1) is 11.5 Å². The van der Waals surface area contributed by atoms with Gasteiger partial charge in [-0.2, -0.15) is 0 Å². The molecule has 0 heterocycles. The molecule has 3 amide bonds. The van der Waals surface area contributed by atoms with Crippen LogP contribution in [0.5, 0.6) is 0 Å². The van der Waals surface area contributed by atoms with Crippen LogP contribution in [0.2, 0.25) is 0 Å². The molecule has 0 unspecified atom stereocenters. The normalized spacial score (nSPS) is 9.97. The number of hydrazine groups is 1. The Labute approximate surface area is 172 Å². The van der Waals surface area contributed by atoms with E-state index in [1.807, 2.05) is 25.1 Å². The Balaban J connectivity index is 1.58. The lowest BCUT2D eigenvalue weighted by molar-refractivity contribution is -0.146. The third-order valence-corrected chi connectivity index (χ3v) is 4.38. The lowest BCUT2D eigenvalue weighted by atomic mass is 10.2. The molecule has 0 radical (unpaired) electrons. The zero-order valence-corrected chi connectivity index (χ0v) is 16.6. The minimum absolute atomic E-state index is 0.0718. The highest BCUT2D eigenvalue weighted by Crippen LogP contribution is 2.10. The zero-order valence-electron chi connectivity index (χ0n) is 15.8. The summed E-state index contributed by atoms with van der Waals surface area (Å²) in [5, 5.41) is 2.73. The molecule has 152 valence electrons. The highest BCUT2D eigenvalue weighted by Gasteiger charge is 2.11. The molecule has 0 bridgehead atoms. The number of rotatable bonds is 8. The van der Waals surface area contributed by atoms with Crippen molar-refractivity contribution >= 4 is 41.1 Å². The van der Waals surface area contributed by atoms with Crippen molar-refractivity contribution in [3.05, 3.63) is 65.7 Å². The van der Waals surface area contributed by atoms with Gasteiger partial charge in [-0.25, -0.2) is 0 Å². The highest BCUT2D eigenvalue weighted by atomic mass is 32.2. The van der Waals surface area contributed by atoms with E-state index in [9.17, 15) is 19.2 Å². The van der Waals surface area contributed by atoms with E-state index in [0.717, 1.165) is 17.3 Å². The number of nitrogens with one attached hydrogen (secondary N) is 3. The number of aryl methyl sites for hydroxylation is 1. The van der Waals surface area contributed by atoms with Gasteiger partial charge < -0.3 is 10.1 Å². The van der Waals surface area contributed by atoms with E-state index >= 15 is 0 Å². The predicted molar refractivity (Wildman–Crippen MR) is 110 cm³/mol. The molecule has 0 spiro atoms. The predicted octanol–water partition coefficient (Wildman–Crippen LogP) is 1.67. The molecule has 0 fully saturated rings. The summed E-state index contributed by atoms with van der Waals surface area (Å²) >= 11 is 1.07. The highest BCUT2D eigenvalue weighted by molar-refractivity contribution is 8.00. The lowest BCUT2D eigenvalue weighted by Gasteiger charge is -2.08. The zero-order chi connectivity index (χ0) is 21.1. The van der Waals surface area contributed by atoms with Crippen LogP contribution in [0, 0.1) is 6.92 Å². The monoisotopic (exact) mass is 415 g/mol. The van der Waals surface area contributed by atoms with Crippen molar-refractivity contribution in [2.75, 3.05) is 23.4 Å². The topological polar surface area (TPSA) is 114 Å². The molecule has 2 aromatic rings. The lowest BCUT2D eigenvalue weighted by Crippen LogP contribution is -2.43. The smallest absolute Gasteiger partial charge is 0.316 e. The molecule has 9 heteroatoms. The van der Waals surface area contributed by atoms with Gasteiger partial charge in [0.15, 0.2) is 6.61 Å². The number of hydrogen-bond acceptors (Lipinski definition) is 6. The largest absolute Gasteiger partial charge is 0.455 e. The SMILES string of the molecule is Cc1cccc(NC(=O)CSCC(=O)OCC(=O)NNC(=O)c2ccccc2)c1. The standard InChI is InChI=1S/C20H21N3O5S/c1-14-6-5-9-16(10-14)21-18(25)12-29-13-19(26)28-11-17(24)22-23-20(27)15-7-3-2-4-8-15/h2-10H,11-13H2,1H3,(H,21,25)(H,22,24)(H,23,27). The summed E-state index contributed by atoms with van der Waals surface area (Å²) in [5.74, 6) is -2.05. The van der Waals surface area contributed by atoms with Gasteiger partial charge in [0.1, 0.15) is 0 Å². The molecule has 2 aromatic carbocycles. The summed E-state index contributed by atoms with van der Waals surface area (Å²) in [5.41, 5.74) is 6.47. The van der Waals surface area contributed by atoms with Crippen LogP contribution in [0.25, 0.3) is 0 Å². The van der Waals surface area contributed by atoms with Crippen molar-refractivity contribution in [2.24, 2.45) is 0 Å². The van der Waals surface area contributed by atoms with Gasteiger partial charge in [0.25, 0.3) is 11.8 Å². The number of esters is 1. The number of thioether (sulfide) groups is 1. The first-order chi connectivity index (χ1) is 13.9. The quantitative estimate of drug-likeness (QED) is 0.446. The van der Waals surface area contributed by atoms with E-state index in [0.29, 0.717) is 11.3 Å². The third kappa shape index (κ3) is 8.48. The average molecular weight is 415 g/mol. The van der Waals surface area contributed by atoms with E-state index in [1.165, 1.54) is 0 Å². The van der Waals surface area contributed by atoms with Crippen molar-refractivity contribution < 1.29 is 23.9 Å². The van der Waals surface area contributed by atoms with Crippen LogP contribution in [-0.4, -0.2) is 41.8 Å². The maximum Gasteiger partial charge on any atom is 0.316 e. The maximum atomic E-state index is 11.8. The molecule has 29 heavy (non-hydrogen) atoms. The molecule has 0 aliphatic heterocycles. The summed E-state index contributed by atoms with van der Waals surface area (Å²) in [6.45, 7) is 1.38. The molecule has 2 rings (SSSR count). The minimum atomic E-state index is -0.676. The summed E-state index contributed by atoms with van der Waals surface area (Å²) in [4.78, 5) is 46.9. The average Bonchev–Trinajstić information content (AvgIpc) is 2.71.